The Bertz CT molecular complexity index is 757. The monoisotopic (exact) mass is 351 g/mol. The zero-order chi connectivity index (χ0) is 17.8. The van der Waals surface area contributed by atoms with Gasteiger partial charge in [0.2, 0.25) is 0 Å². The maximum absolute atomic E-state index is 12.5. The van der Waals surface area contributed by atoms with Gasteiger partial charge in [0.25, 0.3) is 0 Å². The first-order valence-corrected chi connectivity index (χ1v) is 9.33. The molecule has 1 N–H and O–H groups in total. The highest BCUT2D eigenvalue weighted by Gasteiger charge is 2.23. The summed E-state index contributed by atoms with van der Waals surface area (Å²) in [7, 11) is 0. The quantitative estimate of drug-likeness (QED) is 0.924. The molecule has 1 amide bonds. The number of piperazine rings is 1. The van der Waals surface area contributed by atoms with Crippen LogP contribution in [0.15, 0.2) is 48.5 Å². The van der Waals surface area contributed by atoms with Crippen molar-refractivity contribution in [3.05, 3.63) is 65.2 Å². The number of nitrogens with one attached hydrogen (secondary N) is 1. The van der Waals surface area contributed by atoms with Crippen molar-refractivity contribution in [2.24, 2.45) is 0 Å². The van der Waals surface area contributed by atoms with E-state index in [9.17, 15) is 4.79 Å². The van der Waals surface area contributed by atoms with Crippen molar-refractivity contribution in [1.82, 2.24) is 10.2 Å². The smallest absolute Gasteiger partial charge is 0.410 e. The fourth-order valence-electron chi connectivity index (χ4n) is 3.63. The Kier molecular flexibility index (Phi) is 5.07. The maximum Gasteiger partial charge on any atom is 0.410 e. The van der Waals surface area contributed by atoms with E-state index in [2.05, 4.69) is 28.4 Å². The van der Waals surface area contributed by atoms with Gasteiger partial charge in [0.05, 0.1) is 0 Å². The molecule has 2 aromatic carbocycles. The molecule has 0 spiro atoms. The highest BCUT2D eigenvalue weighted by atomic mass is 16.6. The third kappa shape index (κ3) is 3.83. The minimum Gasteiger partial charge on any atom is -0.445 e. The van der Waals surface area contributed by atoms with Gasteiger partial charge in [0, 0.05) is 45.0 Å². The molecule has 0 unspecified atom stereocenters. The summed E-state index contributed by atoms with van der Waals surface area (Å²) >= 11 is 0. The molecule has 1 fully saturated rings. The van der Waals surface area contributed by atoms with Crippen molar-refractivity contribution in [3.8, 4) is 0 Å². The lowest BCUT2D eigenvalue weighted by Gasteiger charge is -2.32. The molecule has 1 saturated heterocycles. The second-order valence-electron chi connectivity index (χ2n) is 6.90. The van der Waals surface area contributed by atoms with E-state index in [4.69, 9.17) is 4.74 Å². The first kappa shape index (κ1) is 16.9. The standard InChI is InChI=1S/C21H25N3O2/c25-21(26-16-17-4-2-1-3-5-17)24-11-8-18-6-7-20(14-19(18)15-24)23-12-9-22-10-13-23/h1-7,14,22H,8-13,15-16H2. The van der Waals surface area contributed by atoms with E-state index in [1.54, 1.807) is 0 Å². The van der Waals surface area contributed by atoms with Gasteiger partial charge in [-0.05, 0) is 35.2 Å². The highest BCUT2D eigenvalue weighted by molar-refractivity contribution is 5.68. The number of anilines is 1. The molecule has 0 radical (unpaired) electrons. The molecule has 2 aliphatic rings. The Morgan fingerprint density at radius 2 is 1.81 bits per heavy atom. The Balaban J connectivity index is 1.40. The number of nitrogens with zero attached hydrogens (tertiary/aromatic N) is 2. The highest BCUT2D eigenvalue weighted by Crippen LogP contribution is 2.25. The lowest BCUT2D eigenvalue weighted by Crippen LogP contribution is -2.43. The fraction of sp³-hybridized carbons (Fsp3) is 0.381. The first-order valence-electron chi connectivity index (χ1n) is 9.33. The molecule has 26 heavy (non-hydrogen) atoms. The number of ether oxygens (including phenoxy) is 1. The van der Waals surface area contributed by atoms with Gasteiger partial charge in [-0.2, -0.15) is 0 Å². The molecule has 136 valence electrons. The van der Waals surface area contributed by atoms with Crippen LogP contribution >= 0.6 is 0 Å². The topological polar surface area (TPSA) is 44.8 Å². The summed E-state index contributed by atoms with van der Waals surface area (Å²) in [6, 6.07) is 16.5. The van der Waals surface area contributed by atoms with E-state index >= 15 is 0 Å². The summed E-state index contributed by atoms with van der Waals surface area (Å²) in [5, 5.41) is 3.39. The SMILES string of the molecule is O=C(OCc1ccccc1)N1CCc2ccc(N3CCNCC3)cc2C1. The Hall–Kier alpha value is -2.53. The van der Waals surface area contributed by atoms with Crippen LogP contribution in [0.4, 0.5) is 10.5 Å². The Labute approximate surface area is 154 Å². The van der Waals surface area contributed by atoms with Crippen LogP contribution in [0, 0.1) is 0 Å². The summed E-state index contributed by atoms with van der Waals surface area (Å²) in [6.07, 6.45) is 0.657. The van der Waals surface area contributed by atoms with E-state index in [0.717, 1.165) is 38.2 Å². The van der Waals surface area contributed by atoms with Crippen molar-refractivity contribution < 1.29 is 9.53 Å². The number of rotatable bonds is 3. The van der Waals surface area contributed by atoms with Gasteiger partial charge in [0.15, 0.2) is 0 Å². The van der Waals surface area contributed by atoms with Crippen molar-refractivity contribution in [2.45, 2.75) is 19.6 Å². The van der Waals surface area contributed by atoms with Crippen molar-refractivity contribution >= 4 is 11.8 Å². The van der Waals surface area contributed by atoms with Crippen molar-refractivity contribution in [3.63, 3.8) is 0 Å². The second-order valence-corrected chi connectivity index (χ2v) is 6.90. The molecular weight excluding hydrogens is 326 g/mol. The lowest BCUT2D eigenvalue weighted by molar-refractivity contribution is 0.0918. The van der Waals surface area contributed by atoms with Gasteiger partial charge < -0.3 is 19.9 Å². The first-order chi connectivity index (χ1) is 12.8. The Morgan fingerprint density at radius 3 is 2.62 bits per heavy atom. The Morgan fingerprint density at radius 1 is 1.00 bits per heavy atom. The molecular formula is C21H25N3O2. The average molecular weight is 351 g/mol. The summed E-state index contributed by atoms with van der Waals surface area (Å²) in [4.78, 5) is 16.7. The largest absolute Gasteiger partial charge is 0.445 e. The molecule has 0 atom stereocenters. The summed E-state index contributed by atoms with van der Waals surface area (Å²) in [6.45, 7) is 5.77. The summed E-state index contributed by atoms with van der Waals surface area (Å²) < 4.78 is 5.50. The fourth-order valence-corrected chi connectivity index (χ4v) is 3.63. The van der Waals surface area contributed by atoms with E-state index in [1.807, 2.05) is 35.2 Å². The van der Waals surface area contributed by atoms with Crippen LogP contribution in [0.25, 0.3) is 0 Å². The molecule has 4 rings (SSSR count). The molecule has 0 bridgehead atoms. The van der Waals surface area contributed by atoms with Crippen LogP contribution in [0.3, 0.4) is 0 Å². The number of hydrogen-bond donors (Lipinski definition) is 1. The number of carbonyl (C=O) groups is 1. The number of hydrogen-bond acceptors (Lipinski definition) is 4. The van der Waals surface area contributed by atoms with Gasteiger partial charge in [-0.25, -0.2) is 4.79 Å². The second kappa shape index (κ2) is 7.79. The predicted octanol–water partition coefficient (Wildman–Crippen LogP) is 2.79. The van der Waals surface area contributed by atoms with Gasteiger partial charge >= 0.3 is 6.09 Å². The third-order valence-electron chi connectivity index (χ3n) is 5.15. The van der Waals surface area contributed by atoms with Crippen LogP contribution in [-0.4, -0.2) is 43.7 Å². The predicted molar refractivity (Wildman–Crippen MR) is 102 cm³/mol. The minimum absolute atomic E-state index is 0.230. The zero-order valence-electron chi connectivity index (χ0n) is 15.0. The van der Waals surface area contributed by atoms with Gasteiger partial charge in [-0.15, -0.1) is 0 Å². The zero-order valence-corrected chi connectivity index (χ0v) is 15.0. The number of carbonyl (C=O) groups excluding carboxylic acids is 1. The number of benzene rings is 2. The molecule has 5 nitrogen and oxygen atoms in total. The van der Waals surface area contributed by atoms with E-state index in [1.165, 1.54) is 16.8 Å². The van der Waals surface area contributed by atoms with Gasteiger partial charge in [-0.1, -0.05) is 36.4 Å². The molecule has 0 aliphatic carbocycles. The molecule has 0 saturated carbocycles. The van der Waals surface area contributed by atoms with Crippen molar-refractivity contribution in [1.29, 1.82) is 0 Å². The average Bonchev–Trinajstić information content (AvgIpc) is 2.72. The maximum atomic E-state index is 12.5. The molecule has 2 aromatic rings. The van der Waals surface area contributed by atoms with E-state index < -0.39 is 0 Å². The molecule has 0 aromatic heterocycles. The van der Waals surface area contributed by atoms with Crippen LogP contribution in [0.1, 0.15) is 16.7 Å². The van der Waals surface area contributed by atoms with E-state index in [-0.39, 0.29) is 6.09 Å². The third-order valence-corrected chi connectivity index (χ3v) is 5.15. The van der Waals surface area contributed by atoms with Crippen LogP contribution < -0.4 is 10.2 Å². The number of fused-ring (bicyclic) bond motifs is 1. The van der Waals surface area contributed by atoms with Crippen molar-refractivity contribution in [2.75, 3.05) is 37.6 Å². The lowest BCUT2D eigenvalue weighted by atomic mass is 9.99. The van der Waals surface area contributed by atoms with Gasteiger partial charge in [-0.3, -0.25) is 0 Å². The van der Waals surface area contributed by atoms with Crippen LogP contribution in [0.2, 0.25) is 0 Å². The van der Waals surface area contributed by atoms with Crippen LogP contribution in [0.5, 0.6) is 0 Å². The summed E-state index contributed by atoms with van der Waals surface area (Å²) in [5.41, 5.74) is 4.85. The summed E-state index contributed by atoms with van der Waals surface area (Å²) in [5.74, 6) is 0. The molecule has 2 heterocycles. The minimum atomic E-state index is -0.230. The van der Waals surface area contributed by atoms with Gasteiger partial charge in [0.1, 0.15) is 6.61 Å². The normalized spacial score (nSPS) is 16.9. The molecule has 2 aliphatic heterocycles. The van der Waals surface area contributed by atoms with E-state index in [0.29, 0.717) is 19.7 Å². The number of amides is 1. The van der Waals surface area contributed by atoms with Crippen LogP contribution in [-0.2, 0) is 24.3 Å². The molecule has 5 heteroatoms.